The van der Waals surface area contributed by atoms with E-state index in [1.807, 2.05) is 0 Å². The molecule has 0 atom stereocenters. The zero-order valence-electron chi connectivity index (χ0n) is 9.32. The van der Waals surface area contributed by atoms with Crippen molar-refractivity contribution in [3.63, 3.8) is 0 Å². The fourth-order valence-electron chi connectivity index (χ4n) is 2.29. The molecule has 1 aromatic heterocycles. The molecule has 1 saturated heterocycles. The number of piperidine rings is 1. The number of nitrogens with zero attached hydrogens (tertiary/aromatic N) is 2. The first-order chi connectivity index (χ1) is 7.88. The van der Waals surface area contributed by atoms with Crippen LogP contribution in [0.5, 0.6) is 0 Å². The average molecular weight is 236 g/mol. The number of hydrogen-bond donors (Lipinski definition) is 0. The lowest BCUT2D eigenvalue weighted by molar-refractivity contribution is 0.112. The Hall–Kier alpha value is -0.900. The SMILES string of the molecule is O=Cc1sc(N2CCCCC2)nc1C1CC1. The van der Waals surface area contributed by atoms with Crippen LogP contribution in [0.25, 0.3) is 0 Å². The Morgan fingerprint density at radius 1 is 1.25 bits per heavy atom. The maximum Gasteiger partial charge on any atom is 0.186 e. The minimum absolute atomic E-state index is 0.579. The van der Waals surface area contributed by atoms with Crippen LogP contribution in [0.4, 0.5) is 5.13 Å². The standard InChI is InChI=1S/C12H16N2OS/c15-8-10-11(9-4-5-9)13-12(16-10)14-6-2-1-3-7-14/h8-9H,1-7H2. The molecule has 4 heteroatoms. The minimum atomic E-state index is 0.579. The third-order valence-electron chi connectivity index (χ3n) is 3.37. The van der Waals surface area contributed by atoms with Crippen LogP contribution in [-0.4, -0.2) is 24.4 Å². The van der Waals surface area contributed by atoms with Gasteiger partial charge < -0.3 is 4.90 Å². The first-order valence-electron chi connectivity index (χ1n) is 6.09. The van der Waals surface area contributed by atoms with Gasteiger partial charge in [-0.2, -0.15) is 0 Å². The molecule has 0 radical (unpaired) electrons. The summed E-state index contributed by atoms with van der Waals surface area (Å²) in [6.45, 7) is 2.21. The maximum absolute atomic E-state index is 11.0. The molecule has 1 saturated carbocycles. The van der Waals surface area contributed by atoms with Crippen molar-refractivity contribution in [1.29, 1.82) is 0 Å². The van der Waals surface area contributed by atoms with E-state index in [0.717, 1.165) is 35.1 Å². The summed E-state index contributed by atoms with van der Waals surface area (Å²) in [6, 6.07) is 0. The van der Waals surface area contributed by atoms with Crippen LogP contribution in [0.2, 0.25) is 0 Å². The van der Waals surface area contributed by atoms with Gasteiger partial charge in [-0.3, -0.25) is 4.79 Å². The lowest BCUT2D eigenvalue weighted by atomic mass is 10.1. The first kappa shape index (κ1) is 10.3. The quantitative estimate of drug-likeness (QED) is 0.757. The summed E-state index contributed by atoms with van der Waals surface area (Å²) < 4.78 is 0. The number of carbonyl (C=O) groups excluding carboxylic acids is 1. The van der Waals surface area contributed by atoms with E-state index in [4.69, 9.17) is 0 Å². The normalized spacial score (nSPS) is 21.1. The average Bonchev–Trinajstić information content (AvgIpc) is 3.10. The largest absolute Gasteiger partial charge is 0.348 e. The number of aromatic nitrogens is 1. The van der Waals surface area contributed by atoms with E-state index < -0.39 is 0 Å². The second-order valence-electron chi connectivity index (χ2n) is 4.69. The Labute approximate surface area is 99.5 Å². The third kappa shape index (κ3) is 1.86. The van der Waals surface area contributed by atoms with Gasteiger partial charge in [-0.05, 0) is 32.1 Å². The second kappa shape index (κ2) is 4.17. The van der Waals surface area contributed by atoms with Gasteiger partial charge in [0.1, 0.15) is 0 Å². The van der Waals surface area contributed by atoms with Gasteiger partial charge in [0.25, 0.3) is 0 Å². The molecule has 1 aromatic rings. The molecule has 0 unspecified atom stereocenters. The lowest BCUT2D eigenvalue weighted by Crippen LogP contribution is -2.29. The van der Waals surface area contributed by atoms with Crippen LogP contribution in [-0.2, 0) is 0 Å². The Morgan fingerprint density at radius 2 is 2.00 bits per heavy atom. The van der Waals surface area contributed by atoms with Gasteiger partial charge in [-0.15, -0.1) is 0 Å². The van der Waals surface area contributed by atoms with Gasteiger partial charge >= 0.3 is 0 Å². The van der Waals surface area contributed by atoms with Crippen molar-refractivity contribution in [2.45, 2.75) is 38.0 Å². The van der Waals surface area contributed by atoms with E-state index in [2.05, 4.69) is 9.88 Å². The van der Waals surface area contributed by atoms with E-state index in [-0.39, 0.29) is 0 Å². The predicted molar refractivity (Wildman–Crippen MR) is 65.5 cm³/mol. The summed E-state index contributed by atoms with van der Waals surface area (Å²) in [5.74, 6) is 0.579. The maximum atomic E-state index is 11.0. The zero-order chi connectivity index (χ0) is 11.0. The van der Waals surface area contributed by atoms with Crippen molar-refractivity contribution >= 4 is 22.8 Å². The Balaban J connectivity index is 1.85. The molecule has 1 aliphatic carbocycles. The van der Waals surface area contributed by atoms with E-state index in [1.165, 1.54) is 32.1 Å². The molecule has 16 heavy (non-hydrogen) atoms. The highest BCUT2D eigenvalue weighted by Gasteiger charge is 2.30. The van der Waals surface area contributed by atoms with Crippen LogP contribution in [0, 0.1) is 0 Å². The molecule has 0 bridgehead atoms. The van der Waals surface area contributed by atoms with E-state index in [9.17, 15) is 4.79 Å². The number of aldehydes is 1. The predicted octanol–water partition coefficient (Wildman–Crippen LogP) is 2.82. The van der Waals surface area contributed by atoms with Crippen molar-refractivity contribution in [2.75, 3.05) is 18.0 Å². The highest BCUT2D eigenvalue weighted by atomic mass is 32.1. The molecule has 1 aliphatic heterocycles. The van der Waals surface area contributed by atoms with Crippen molar-refractivity contribution in [2.24, 2.45) is 0 Å². The summed E-state index contributed by atoms with van der Waals surface area (Å²) in [7, 11) is 0. The van der Waals surface area contributed by atoms with Crippen molar-refractivity contribution < 1.29 is 4.79 Å². The van der Waals surface area contributed by atoms with E-state index >= 15 is 0 Å². The van der Waals surface area contributed by atoms with Crippen LogP contribution in [0.3, 0.4) is 0 Å². The van der Waals surface area contributed by atoms with Gasteiger partial charge in [0.15, 0.2) is 11.4 Å². The summed E-state index contributed by atoms with van der Waals surface area (Å²) in [6.07, 6.45) is 7.26. The molecule has 3 rings (SSSR count). The molecule has 2 aliphatic rings. The Kier molecular flexibility index (Phi) is 2.67. The molecule has 0 N–H and O–H groups in total. The molecule has 2 fully saturated rings. The molecule has 0 spiro atoms. The molecular formula is C12H16N2OS. The zero-order valence-corrected chi connectivity index (χ0v) is 10.1. The number of thiazole rings is 1. The summed E-state index contributed by atoms with van der Waals surface area (Å²) in [4.78, 5) is 18.9. The first-order valence-corrected chi connectivity index (χ1v) is 6.91. The molecular weight excluding hydrogens is 220 g/mol. The number of hydrogen-bond acceptors (Lipinski definition) is 4. The van der Waals surface area contributed by atoms with Crippen LogP contribution >= 0.6 is 11.3 Å². The number of carbonyl (C=O) groups is 1. The summed E-state index contributed by atoms with van der Waals surface area (Å²) in [5, 5.41) is 1.07. The van der Waals surface area contributed by atoms with Crippen molar-refractivity contribution in [1.82, 2.24) is 4.98 Å². The third-order valence-corrected chi connectivity index (χ3v) is 4.42. The molecule has 0 aromatic carbocycles. The van der Waals surface area contributed by atoms with Crippen LogP contribution in [0.15, 0.2) is 0 Å². The number of anilines is 1. The fraction of sp³-hybridized carbons (Fsp3) is 0.667. The van der Waals surface area contributed by atoms with Crippen LogP contribution in [0.1, 0.15) is 53.4 Å². The summed E-state index contributed by atoms with van der Waals surface area (Å²) >= 11 is 1.58. The molecule has 3 nitrogen and oxygen atoms in total. The van der Waals surface area contributed by atoms with Gasteiger partial charge in [0.05, 0.1) is 10.6 Å². The highest BCUT2D eigenvalue weighted by Crippen LogP contribution is 2.43. The smallest absolute Gasteiger partial charge is 0.186 e. The van der Waals surface area contributed by atoms with Crippen molar-refractivity contribution in [3.8, 4) is 0 Å². The minimum Gasteiger partial charge on any atom is -0.348 e. The lowest BCUT2D eigenvalue weighted by Gasteiger charge is -2.25. The topological polar surface area (TPSA) is 33.2 Å². The van der Waals surface area contributed by atoms with E-state index in [1.54, 1.807) is 11.3 Å². The number of rotatable bonds is 3. The van der Waals surface area contributed by atoms with Crippen molar-refractivity contribution in [3.05, 3.63) is 10.6 Å². The monoisotopic (exact) mass is 236 g/mol. The van der Waals surface area contributed by atoms with Gasteiger partial charge in [-0.25, -0.2) is 4.98 Å². The van der Waals surface area contributed by atoms with Gasteiger partial charge in [0, 0.05) is 19.0 Å². The van der Waals surface area contributed by atoms with Gasteiger partial charge in [0.2, 0.25) is 0 Å². The summed E-state index contributed by atoms with van der Waals surface area (Å²) in [5.41, 5.74) is 1.07. The van der Waals surface area contributed by atoms with Gasteiger partial charge in [-0.1, -0.05) is 11.3 Å². The van der Waals surface area contributed by atoms with E-state index in [0.29, 0.717) is 5.92 Å². The Bertz CT molecular complexity index is 392. The molecule has 86 valence electrons. The molecule has 0 amide bonds. The molecule has 2 heterocycles. The fourth-order valence-corrected chi connectivity index (χ4v) is 3.30. The second-order valence-corrected chi connectivity index (χ2v) is 5.69. The Morgan fingerprint density at radius 3 is 2.62 bits per heavy atom. The highest BCUT2D eigenvalue weighted by molar-refractivity contribution is 7.17. The van der Waals surface area contributed by atoms with Crippen LogP contribution < -0.4 is 4.90 Å².